The minimum Gasteiger partial charge on any atom is -0.380 e. The molecule has 2 nitrogen and oxygen atoms in total. The lowest BCUT2D eigenvalue weighted by Gasteiger charge is -2.54. The second kappa shape index (κ2) is 5.91. The number of hydrogen-bond acceptors (Lipinski definition) is 2. The summed E-state index contributed by atoms with van der Waals surface area (Å²) in [4.78, 5) is 0. The second-order valence-electron chi connectivity index (χ2n) is 9.30. The molecule has 0 saturated heterocycles. The number of rotatable bonds is 0. The molecule has 0 bridgehead atoms. The van der Waals surface area contributed by atoms with Crippen LogP contribution < -0.4 is 0 Å². The van der Waals surface area contributed by atoms with Gasteiger partial charge in [0.2, 0.25) is 0 Å². The predicted octanol–water partition coefficient (Wildman–Crippen LogP) is 6.09. The zero-order valence-corrected chi connectivity index (χ0v) is 19.3. The Kier molecular flexibility index (Phi) is 4.56. The van der Waals surface area contributed by atoms with Crippen LogP contribution in [0.4, 0.5) is 0 Å². The molecule has 26 heavy (non-hydrogen) atoms. The minimum atomic E-state index is -1.22. The molecular weight excluding hydrogens is 456 g/mol. The Morgan fingerprint density at radius 3 is 1.19 bits per heavy atom. The van der Waals surface area contributed by atoms with Crippen molar-refractivity contribution in [2.75, 3.05) is 0 Å². The lowest BCUT2D eigenvalue weighted by molar-refractivity contribution is -0.0703. The van der Waals surface area contributed by atoms with E-state index in [0.717, 1.165) is 31.2 Å². The average Bonchev–Trinajstić information content (AvgIpc) is 2.50. The third kappa shape index (κ3) is 2.56. The van der Waals surface area contributed by atoms with Crippen molar-refractivity contribution >= 4 is 31.9 Å². The number of hydrogen-bond donors (Lipinski definition) is 2. The number of benzene rings is 2. The van der Waals surface area contributed by atoms with Crippen LogP contribution in [0.1, 0.15) is 63.8 Å². The summed E-state index contributed by atoms with van der Waals surface area (Å²) >= 11 is 7.10. The van der Waals surface area contributed by atoms with Gasteiger partial charge < -0.3 is 10.2 Å². The number of aliphatic hydroxyl groups is 2. The van der Waals surface area contributed by atoms with E-state index in [0.29, 0.717) is 0 Å². The van der Waals surface area contributed by atoms with E-state index >= 15 is 0 Å². The van der Waals surface area contributed by atoms with Gasteiger partial charge in [0.25, 0.3) is 0 Å². The Balaban J connectivity index is 2.55. The Morgan fingerprint density at radius 2 is 0.923 bits per heavy atom. The fraction of sp³-hybridized carbons (Fsp3) is 0.455. The molecule has 0 heterocycles. The maximum absolute atomic E-state index is 12.1. The van der Waals surface area contributed by atoms with Crippen LogP contribution in [0.25, 0.3) is 0 Å². The third-order valence-corrected chi connectivity index (χ3v) is 6.68. The highest BCUT2D eigenvalue weighted by molar-refractivity contribution is 9.10. The van der Waals surface area contributed by atoms with Crippen molar-refractivity contribution in [3.8, 4) is 0 Å². The smallest absolute Gasteiger partial charge is 0.120 e. The zero-order chi connectivity index (χ0) is 19.7. The van der Waals surface area contributed by atoms with E-state index in [1.807, 2.05) is 77.9 Å². The summed E-state index contributed by atoms with van der Waals surface area (Å²) < 4.78 is 1.77. The molecule has 0 radical (unpaired) electrons. The van der Waals surface area contributed by atoms with Gasteiger partial charge in [-0.3, -0.25) is 0 Å². The van der Waals surface area contributed by atoms with Crippen molar-refractivity contribution in [2.24, 2.45) is 10.8 Å². The molecule has 0 aromatic heterocycles. The number of halogens is 2. The van der Waals surface area contributed by atoms with Crippen LogP contribution in [0, 0.1) is 10.8 Å². The molecule has 140 valence electrons. The van der Waals surface area contributed by atoms with Crippen molar-refractivity contribution in [1.82, 2.24) is 0 Å². The van der Waals surface area contributed by atoms with Gasteiger partial charge in [-0.15, -0.1) is 0 Å². The summed E-state index contributed by atoms with van der Waals surface area (Å²) in [6.07, 6.45) is 0. The molecule has 1 aliphatic carbocycles. The lowest BCUT2D eigenvalue weighted by atomic mass is 9.55. The van der Waals surface area contributed by atoms with E-state index < -0.39 is 22.0 Å². The number of fused-ring (bicyclic) bond motifs is 2. The first-order valence-corrected chi connectivity index (χ1v) is 10.4. The Labute approximate surface area is 172 Å². The molecule has 0 amide bonds. The zero-order valence-electron chi connectivity index (χ0n) is 16.1. The van der Waals surface area contributed by atoms with E-state index in [9.17, 15) is 10.2 Å². The Bertz CT molecular complexity index is 803. The average molecular weight is 482 g/mol. The molecule has 3 rings (SSSR count). The van der Waals surface area contributed by atoms with Crippen LogP contribution >= 0.6 is 31.9 Å². The van der Waals surface area contributed by atoms with Gasteiger partial charge in [-0.2, -0.15) is 0 Å². The van der Waals surface area contributed by atoms with E-state index in [2.05, 4.69) is 31.9 Å². The summed E-state index contributed by atoms with van der Waals surface area (Å²) in [5, 5.41) is 24.2. The Hall–Kier alpha value is -0.680. The van der Waals surface area contributed by atoms with Crippen molar-refractivity contribution in [1.29, 1.82) is 0 Å². The molecule has 0 spiro atoms. The van der Waals surface area contributed by atoms with Crippen LogP contribution in [0.3, 0.4) is 0 Å². The van der Waals surface area contributed by atoms with Gasteiger partial charge in [-0.25, -0.2) is 0 Å². The van der Waals surface area contributed by atoms with Gasteiger partial charge in [0.15, 0.2) is 0 Å². The molecule has 2 aromatic rings. The van der Waals surface area contributed by atoms with Crippen molar-refractivity contribution < 1.29 is 10.2 Å². The van der Waals surface area contributed by atoms with Crippen molar-refractivity contribution in [3.63, 3.8) is 0 Å². The van der Waals surface area contributed by atoms with Crippen LogP contribution in [0.2, 0.25) is 0 Å². The summed E-state index contributed by atoms with van der Waals surface area (Å²) in [7, 11) is 0. The van der Waals surface area contributed by atoms with E-state index in [4.69, 9.17) is 0 Å². The normalized spacial score (nSPS) is 25.6. The van der Waals surface area contributed by atoms with E-state index in [1.165, 1.54) is 0 Å². The molecule has 2 unspecified atom stereocenters. The van der Waals surface area contributed by atoms with Crippen LogP contribution in [-0.4, -0.2) is 10.2 Å². The van der Waals surface area contributed by atoms with Crippen molar-refractivity contribution in [2.45, 2.75) is 52.7 Å². The van der Waals surface area contributed by atoms with Gasteiger partial charge in [-0.05, 0) is 57.3 Å². The first kappa shape index (κ1) is 20.1. The quantitative estimate of drug-likeness (QED) is 0.478. The van der Waals surface area contributed by atoms with Gasteiger partial charge in [0, 0.05) is 8.95 Å². The molecule has 2 aromatic carbocycles. The summed E-state index contributed by atoms with van der Waals surface area (Å²) in [5.41, 5.74) is -0.348. The lowest BCUT2D eigenvalue weighted by Crippen LogP contribution is -2.53. The largest absolute Gasteiger partial charge is 0.380 e. The summed E-state index contributed by atoms with van der Waals surface area (Å²) in [6.45, 7) is 12.2. The second-order valence-corrected chi connectivity index (χ2v) is 11.1. The fourth-order valence-corrected chi connectivity index (χ4v) is 4.89. The van der Waals surface area contributed by atoms with Gasteiger partial charge in [-0.1, -0.05) is 85.5 Å². The molecular formula is C22H26Br2O2. The topological polar surface area (TPSA) is 40.5 Å². The van der Waals surface area contributed by atoms with Crippen LogP contribution in [0.5, 0.6) is 0 Å². The highest BCUT2D eigenvalue weighted by atomic mass is 79.9. The fourth-order valence-electron chi connectivity index (χ4n) is 4.17. The highest BCUT2D eigenvalue weighted by Gasteiger charge is 2.57. The maximum atomic E-state index is 12.1. The third-order valence-electron chi connectivity index (χ3n) is 5.69. The molecule has 1 aliphatic rings. The monoisotopic (exact) mass is 480 g/mol. The van der Waals surface area contributed by atoms with Gasteiger partial charge >= 0.3 is 0 Å². The van der Waals surface area contributed by atoms with Crippen molar-refractivity contribution in [3.05, 3.63) is 67.6 Å². The Morgan fingerprint density at radius 1 is 0.615 bits per heavy atom. The maximum Gasteiger partial charge on any atom is 0.120 e. The minimum absolute atomic E-state index is 0.468. The molecule has 2 atom stereocenters. The SMILES string of the molecule is CC(C)(C)C1(O)c2ccc(Br)cc2C(O)(C(C)(C)C)c2ccc(Br)cc21. The molecule has 0 fully saturated rings. The van der Waals surface area contributed by atoms with Gasteiger partial charge in [0.05, 0.1) is 0 Å². The molecule has 4 heteroatoms. The molecule has 0 saturated carbocycles. The summed E-state index contributed by atoms with van der Waals surface area (Å²) in [6, 6.07) is 11.6. The highest BCUT2D eigenvalue weighted by Crippen LogP contribution is 2.59. The van der Waals surface area contributed by atoms with Crippen LogP contribution in [0.15, 0.2) is 45.3 Å². The van der Waals surface area contributed by atoms with Gasteiger partial charge in [0.1, 0.15) is 11.2 Å². The first-order valence-electron chi connectivity index (χ1n) is 8.80. The first-order chi connectivity index (χ1) is 11.7. The van der Waals surface area contributed by atoms with E-state index in [1.54, 1.807) is 0 Å². The predicted molar refractivity (Wildman–Crippen MR) is 113 cm³/mol. The molecule has 2 N–H and O–H groups in total. The molecule has 0 aliphatic heterocycles. The van der Waals surface area contributed by atoms with E-state index in [-0.39, 0.29) is 0 Å². The standard InChI is InChI=1S/C22H26Br2O2/c1-19(2,3)21(25)15-9-7-14(24)12-18(15)22(26,20(4,5)6)16-10-8-13(23)11-17(16)21/h7-12,25-26H,1-6H3. The summed E-state index contributed by atoms with van der Waals surface area (Å²) in [5.74, 6) is 0. The van der Waals surface area contributed by atoms with Crippen LogP contribution in [-0.2, 0) is 11.2 Å².